The van der Waals surface area contributed by atoms with Crippen molar-refractivity contribution in [2.45, 2.75) is 52.1 Å². The van der Waals surface area contributed by atoms with E-state index in [1.807, 2.05) is 26.0 Å². The second-order valence-electron chi connectivity index (χ2n) is 7.46. The van der Waals surface area contributed by atoms with Gasteiger partial charge in [-0.3, -0.25) is 14.2 Å². The molecule has 0 saturated heterocycles. The molecule has 2 aromatic heterocycles. The number of thiophene rings is 1. The summed E-state index contributed by atoms with van der Waals surface area (Å²) >= 11 is 1.29. The van der Waals surface area contributed by atoms with Crippen molar-refractivity contribution in [2.24, 2.45) is 0 Å². The third kappa shape index (κ3) is 3.30. The molecule has 1 aliphatic carbocycles. The number of rotatable bonds is 4. The van der Waals surface area contributed by atoms with E-state index in [0.717, 1.165) is 36.8 Å². The lowest BCUT2D eigenvalue weighted by molar-refractivity contribution is -0.122. The van der Waals surface area contributed by atoms with Crippen molar-refractivity contribution in [1.82, 2.24) is 14.5 Å². The molecule has 1 fully saturated rings. The molecule has 0 radical (unpaired) electrons. The van der Waals surface area contributed by atoms with Gasteiger partial charge in [0.05, 0.1) is 11.2 Å². The van der Waals surface area contributed by atoms with Crippen LogP contribution < -0.4 is 16.6 Å². The first-order chi connectivity index (χ1) is 13.5. The minimum absolute atomic E-state index is 0.0896. The second-order valence-corrected chi connectivity index (χ2v) is 8.38. The minimum atomic E-state index is -0.485. The normalized spacial score (nSPS) is 14.6. The SMILES string of the molecule is Cc1ccc(-n2c(=O)c3sccc3n(CC(=O)NC3CCCC3)c2=O)cc1C. The van der Waals surface area contributed by atoms with Crippen molar-refractivity contribution in [1.29, 1.82) is 0 Å². The minimum Gasteiger partial charge on any atom is -0.352 e. The number of carbonyl (C=O) groups is 1. The number of benzene rings is 1. The van der Waals surface area contributed by atoms with Gasteiger partial charge in [0, 0.05) is 6.04 Å². The van der Waals surface area contributed by atoms with Crippen LogP contribution in [0.25, 0.3) is 15.9 Å². The maximum Gasteiger partial charge on any atom is 0.336 e. The van der Waals surface area contributed by atoms with E-state index in [4.69, 9.17) is 0 Å². The number of hydrogen-bond donors (Lipinski definition) is 1. The molecule has 1 aromatic carbocycles. The van der Waals surface area contributed by atoms with Crippen LogP contribution in [0.2, 0.25) is 0 Å². The van der Waals surface area contributed by atoms with Gasteiger partial charge >= 0.3 is 5.69 Å². The number of amides is 1. The Labute approximate surface area is 166 Å². The molecular weight excluding hydrogens is 374 g/mol. The summed E-state index contributed by atoms with van der Waals surface area (Å²) in [7, 11) is 0. The summed E-state index contributed by atoms with van der Waals surface area (Å²) < 4.78 is 3.06. The van der Waals surface area contributed by atoms with Crippen molar-refractivity contribution < 1.29 is 4.79 Å². The number of aromatic nitrogens is 2. The van der Waals surface area contributed by atoms with Gasteiger partial charge in [0.1, 0.15) is 11.2 Å². The van der Waals surface area contributed by atoms with E-state index < -0.39 is 5.69 Å². The summed E-state index contributed by atoms with van der Waals surface area (Å²) in [4.78, 5) is 38.8. The van der Waals surface area contributed by atoms with E-state index in [0.29, 0.717) is 15.9 Å². The third-order valence-corrected chi connectivity index (χ3v) is 6.42. The molecule has 0 atom stereocenters. The predicted molar refractivity (Wildman–Crippen MR) is 112 cm³/mol. The molecule has 0 unspecified atom stereocenters. The van der Waals surface area contributed by atoms with E-state index in [1.54, 1.807) is 17.5 Å². The molecule has 0 bridgehead atoms. The first-order valence-corrected chi connectivity index (χ1v) is 10.4. The van der Waals surface area contributed by atoms with Crippen LogP contribution in [-0.2, 0) is 11.3 Å². The zero-order chi connectivity index (χ0) is 19.8. The fourth-order valence-electron chi connectivity index (χ4n) is 3.82. The summed E-state index contributed by atoms with van der Waals surface area (Å²) in [5.41, 5.74) is 2.30. The molecule has 28 heavy (non-hydrogen) atoms. The summed E-state index contributed by atoms with van der Waals surface area (Å²) in [5, 5.41) is 4.80. The Morgan fingerprint density at radius 2 is 1.89 bits per heavy atom. The average molecular weight is 398 g/mol. The fourth-order valence-corrected chi connectivity index (χ4v) is 4.64. The van der Waals surface area contributed by atoms with Crippen LogP contribution in [0.15, 0.2) is 39.2 Å². The van der Waals surface area contributed by atoms with Crippen LogP contribution in [0.5, 0.6) is 0 Å². The monoisotopic (exact) mass is 397 g/mol. The number of aryl methyl sites for hydroxylation is 2. The Bertz CT molecular complexity index is 1170. The highest BCUT2D eigenvalue weighted by Crippen LogP contribution is 2.19. The topological polar surface area (TPSA) is 73.1 Å². The summed E-state index contributed by atoms with van der Waals surface area (Å²) in [5.74, 6) is -0.188. The first-order valence-electron chi connectivity index (χ1n) is 9.56. The quantitative estimate of drug-likeness (QED) is 0.736. The number of hydrogen-bond acceptors (Lipinski definition) is 4. The zero-order valence-electron chi connectivity index (χ0n) is 16.0. The number of fused-ring (bicyclic) bond motifs is 1. The molecule has 4 rings (SSSR count). The van der Waals surface area contributed by atoms with Crippen LogP contribution in [-0.4, -0.2) is 21.1 Å². The molecule has 0 spiro atoms. The summed E-state index contributed by atoms with van der Waals surface area (Å²) in [6.07, 6.45) is 4.21. The summed E-state index contributed by atoms with van der Waals surface area (Å²) in [6.45, 7) is 3.84. The Morgan fingerprint density at radius 1 is 1.14 bits per heavy atom. The van der Waals surface area contributed by atoms with E-state index in [1.165, 1.54) is 20.5 Å². The standard InChI is InChI=1S/C21H23N3O3S/c1-13-7-8-16(11-14(13)2)24-20(26)19-17(9-10-28-19)23(21(24)27)12-18(25)22-15-5-3-4-6-15/h7-11,15H,3-6,12H2,1-2H3,(H,22,25). The van der Waals surface area contributed by atoms with E-state index in [-0.39, 0.29) is 24.1 Å². The van der Waals surface area contributed by atoms with Gasteiger partial charge in [-0.15, -0.1) is 11.3 Å². The van der Waals surface area contributed by atoms with Crippen LogP contribution >= 0.6 is 11.3 Å². The van der Waals surface area contributed by atoms with Crippen molar-refractivity contribution in [3.05, 3.63) is 61.6 Å². The van der Waals surface area contributed by atoms with Crippen molar-refractivity contribution in [2.75, 3.05) is 0 Å². The van der Waals surface area contributed by atoms with Crippen LogP contribution in [0.4, 0.5) is 0 Å². The molecule has 3 aromatic rings. The second kappa shape index (κ2) is 7.39. The van der Waals surface area contributed by atoms with Gasteiger partial charge in [-0.25, -0.2) is 9.36 Å². The lowest BCUT2D eigenvalue weighted by Crippen LogP contribution is -2.43. The van der Waals surface area contributed by atoms with Gasteiger partial charge in [-0.2, -0.15) is 0 Å². The van der Waals surface area contributed by atoms with Gasteiger partial charge in [-0.05, 0) is 61.4 Å². The van der Waals surface area contributed by atoms with Gasteiger partial charge in [0.15, 0.2) is 0 Å². The van der Waals surface area contributed by atoms with E-state index >= 15 is 0 Å². The highest BCUT2D eigenvalue weighted by atomic mass is 32.1. The molecule has 1 N–H and O–H groups in total. The van der Waals surface area contributed by atoms with Crippen LogP contribution in [0.3, 0.4) is 0 Å². The Kier molecular flexibility index (Phi) is 4.93. The Morgan fingerprint density at radius 3 is 2.61 bits per heavy atom. The Balaban J connectivity index is 1.81. The number of nitrogens with zero attached hydrogens (tertiary/aromatic N) is 2. The lowest BCUT2D eigenvalue weighted by Gasteiger charge is -2.15. The predicted octanol–water partition coefficient (Wildman–Crippen LogP) is 2.89. The molecule has 7 heteroatoms. The van der Waals surface area contributed by atoms with Gasteiger partial charge < -0.3 is 5.32 Å². The molecular formula is C21H23N3O3S. The molecule has 1 saturated carbocycles. The number of nitrogens with one attached hydrogen (secondary N) is 1. The molecule has 146 valence electrons. The zero-order valence-corrected chi connectivity index (χ0v) is 16.8. The van der Waals surface area contributed by atoms with Gasteiger partial charge in [0.25, 0.3) is 5.56 Å². The highest BCUT2D eigenvalue weighted by molar-refractivity contribution is 7.17. The first kappa shape index (κ1) is 18.7. The average Bonchev–Trinajstić information content (AvgIpc) is 3.33. The molecule has 6 nitrogen and oxygen atoms in total. The smallest absolute Gasteiger partial charge is 0.336 e. The molecule has 1 amide bonds. The maximum atomic E-state index is 13.2. The van der Waals surface area contributed by atoms with Gasteiger partial charge in [0.2, 0.25) is 5.91 Å². The summed E-state index contributed by atoms with van der Waals surface area (Å²) in [6, 6.07) is 7.42. The largest absolute Gasteiger partial charge is 0.352 e. The van der Waals surface area contributed by atoms with E-state index in [2.05, 4.69) is 5.32 Å². The molecule has 0 aliphatic heterocycles. The number of carbonyl (C=O) groups excluding carboxylic acids is 1. The Hall–Kier alpha value is -2.67. The third-order valence-electron chi connectivity index (χ3n) is 5.53. The maximum absolute atomic E-state index is 13.2. The lowest BCUT2D eigenvalue weighted by atomic mass is 10.1. The van der Waals surface area contributed by atoms with Crippen molar-refractivity contribution >= 4 is 27.5 Å². The van der Waals surface area contributed by atoms with Crippen LogP contribution in [0.1, 0.15) is 36.8 Å². The fraction of sp³-hybridized carbons (Fsp3) is 0.381. The highest BCUT2D eigenvalue weighted by Gasteiger charge is 2.20. The van der Waals surface area contributed by atoms with Crippen molar-refractivity contribution in [3.8, 4) is 5.69 Å². The van der Waals surface area contributed by atoms with E-state index in [9.17, 15) is 14.4 Å². The molecule has 2 heterocycles. The van der Waals surface area contributed by atoms with Crippen LogP contribution in [0, 0.1) is 13.8 Å². The van der Waals surface area contributed by atoms with Gasteiger partial charge in [-0.1, -0.05) is 18.9 Å². The molecule has 1 aliphatic rings. The van der Waals surface area contributed by atoms with Crippen molar-refractivity contribution in [3.63, 3.8) is 0 Å².